The van der Waals surface area contributed by atoms with E-state index in [2.05, 4.69) is 15.6 Å². The number of nitrogens with one attached hydrogen (secondary N) is 1. The average molecular weight is 536 g/mol. The van der Waals surface area contributed by atoms with Crippen LogP contribution >= 0.6 is 0 Å². The zero-order chi connectivity index (χ0) is 27.2. The Hall–Kier alpha value is -3.66. The lowest BCUT2D eigenvalue weighted by atomic mass is 9.94. The van der Waals surface area contributed by atoms with Gasteiger partial charge >= 0.3 is 0 Å². The number of carbonyl (C=O) groups excluding carboxylic acids is 2. The summed E-state index contributed by atoms with van der Waals surface area (Å²) in [6.07, 6.45) is 6.77. The second-order valence-corrected chi connectivity index (χ2v) is 10.3. The fourth-order valence-electron chi connectivity index (χ4n) is 5.64. The van der Waals surface area contributed by atoms with Gasteiger partial charge in [-0.25, -0.2) is 4.68 Å². The molecule has 1 aromatic heterocycles. The van der Waals surface area contributed by atoms with Gasteiger partial charge in [-0.1, -0.05) is 36.6 Å². The summed E-state index contributed by atoms with van der Waals surface area (Å²) in [5, 5.41) is 11.7. The number of para-hydroxylation sites is 1. The van der Waals surface area contributed by atoms with Gasteiger partial charge in [-0.3, -0.25) is 9.59 Å². The number of ether oxygens (including phenoxy) is 3. The molecule has 3 aromatic rings. The molecule has 2 atom stereocenters. The average Bonchev–Trinajstić information content (AvgIpc) is 3.63. The summed E-state index contributed by atoms with van der Waals surface area (Å²) in [6, 6.07) is 12.0. The van der Waals surface area contributed by atoms with Crippen molar-refractivity contribution in [3.05, 3.63) is 48.0 Å². The van der Waals surface area contributed by atoms with Gasteiger partial charge in [0.25, 0.3) is 0 Å². The van der Waals surface area contributed by atoms with Gasteiger partial charge in [0.1, 0.15) is 29.6 Å². The van der Waals surface area contributed by atoms with E-state index < -0.39 is 6.04 Å². The third kappa shape index (κ3) is 6.16. The molecule has 5 rings (SSSR count). The number of aromatic nitrogens is 3. The number of rotatable bonds is 10. The minimum Gasteiger partial charge on any atom is -0.497 e. The Morgan fingerprint density at radius 2 is 1.90 bits per heavy atom. The van der Waals surface area contributed by atoms with Gasteiger partial charge in [-0.15, -0.1) is 5.10 Å². The summed E-state index contributed by atoms with van der Waals surface area (Å²) in [4.78, 5) is 29.9. The number of fused-ring (bicyclic) bond motifs is 1. The second kappa shape index (κ2) is 12.5. The highest BCUT2D eigenvalue weighted by Gasteiger charge is 2.37. The van der Waals surface area contributed by atoms with E-state index >= 15 is 0 Å². The Morgan fingerprint density at radius 3 is 2.64 bits per heavy atom. The molecule has 0 unspecified atom stereocenters. The fraction of sp³-hybridized carbons (Fsp3) is 0.517. The number of carbonyl (C=O) groups is 2. The van der Waals surface area contributed by atoms with E-state index in [-0.39, 0.29) is 37.0 Å². The molecule has 1 saturated heterocycles. The first-order valence-electron chi connectivity index (χ1n) is 13.8. The molecule has 0 spiro atoms. The van der Waals surface area contributed by atoms with Crippen molar-refractivity contribution in [3.8, 4) is 11.5 Å². The predicted octanol–water partition coefficient (Wildman–Crippen LogP) is 3.65. The minimum absolute atomic E-state index is 0.0628. The van der Waals surface area contributed by atoms with Crippen LogP contribution in [0.5, 0.6) is 11.5 Å². The highest BCUT2D eigenvalue weighted by atomic mass is 16.5. The van der Waals surface area contributed by atoms with Crippen LogP contribution in [0.1, 0.15) is 56.6 Å². The number of hydrogen-bond acceptors (Lipinski definition) is 7. The molecule has 2 amide bonds. The largest absolute Gasteiger partial charge is 0.497 e. The summed E-state index contributed by atoms with van der Waals surface area (Å²) < 4.78 is 18.7. The van der Waals surface area contributed by atoms with E-state index in [9.17, 15) is 9.59 Å². The molecule has 1 saturated carbocycles. The first-order chi connectivity index (χ1) is 19.1. The zero-order valence-corrected chi connectivity index (χ0v) is 22.7. The number of benzene rings is 2. The lowest BCUT2D eigenvalue weighted by Crippen LogP contribution is -2.50. The van der Waals surface area contributed by atoms with Crippen molar-refractivity contribution >= 4 is 22.8 Å². The molecule has 2 aliphatic rings. The zero-order valence-electron chi connectivity index (χ0n) is 22.7. The van der Waals surface area contributed by atoms with Gasteiger partial charge in [-0.05, 0) is 56.0 Å². The van der Waals surface area contributed by atoms with Crippen LogP contribution in [0.4, 0.5) is 0 Å². The molecule has 1 aliphatic carbocycles. The lowest BCUT2D eigenvalue weighted by molar-refractivity contribution is -0.143. The van der Waals surface area contributed by atoms with Gasteiger partial charge < -0.3 is 24.4 Å². The SMILES string of the molecule is COc1ccc(OC)c([C@@H](C(=O)NC2CCCCC2)N(C[C@@H]2CCCO2)C(=O)Cn2nnc3ccccc32)c1. The summed E-state index contributed by atoms with van der Waals surface area (Å²) in [7, 11) is 3.14. The Labute approximate surface area is 228 Å². The van der Waals surface area contributed by atoms with Crippen LogP contribution in [0.3, 0.4) is 0 Å². The quantitative estimate of drug-likeness (QED) is 0.422. The second-order valence-electron chi connectivity index (χ2n) is 10.3. The smallest absolute Gasteiger partial charge is 0.247 e. The first-order valence-corrected chi connectivity index (χ1v) is 13.8. The van der Waals surface area contributed by atoms with Crippen molar-refractivity contribution in [2.24, 2.45) is 0 Å². The molecule has 2 heterocycles. The van der Waals surface area contributed by atoms with Gasteiger partial charge in [0.15, 0.2) is 0 Å². The summed E-state index contributed by atoms with van der Waals surface area (Å²) >= 11 is 0. The van der Waals surface area contributed by atoms with Crippen molar-refractivity contribution in [3.63, 3.8) is 0 Å². The summed E-state index contributed by atoms with van der Waals surface area (Å²) in [5.74, 6) is 0.599. The van der Waals surface area contributed by atoms with Crippen molar-refractivity contribution < 1.29 is 23.8 Å². The van der Waals surface area contributed by atoms with Crippen LogP contribution in [0.25, 0.3) is 11.0 Å². The number of nitrogens with zero attached hydrogens (tertiary/aromatic N) is 4. The maximum atomic E-state index is 14.1. The normalized spacial score (nSPS) is 18.6. The molecule has 2 aromatic carbocycles. The van der Waals surface area contributed by atoms with E-state index in [0.717, 1.165) is 44.0 Å². The van der Waals surface area contributed by atoms with Crippen LogP contribution < -0.4 is 14.8 Å². The van der Waals surface area contributed by atoms with Crippen LogP contribution in [-0.2, 0) is 20.9 Å². The van der Waals surface area contributed by atoms with Crippen molar-refractivity contribution in [2.75, 3.05) is 27.4 Å². The fourth-order valence-corrected chi connectivity index (χ4v) is 5.64. The molecule has 10 nitrogen and oxygen atoms in total. The standard InChI is InChI=1S/C29H37N5O5/c1-37-21-14-15-26(38-2)23(17-21)28(29(36)30-20-9-4-3-5-10-20)33(18-22-11-8-16-39-22)27(35)19-34-25-13-7-6-12-24(25)31-32-34/h6-7,12-15,17,20,22,28H,3-5,8-11,16,18-19H2,1-2H3,(H,30,36)/t22-,28-/m0/s1. The molecule has 2 fully saturated rings. The van der Waals surface area contributed by atoms with Gasteiger partial charge in [0.05, 0.1) is 25.8 Å². The Balaban J connectivity index is 1.54. The predicted molar refractivity (Wildman–Crippen MR) is 146 cm³/mol. The molecular weight excluding hydrogens is 498 g/mol. The highest BCUT2D eigenvalue weighted by Crippen LogP contribution is 2.35. The number of methoxy groups -OCH3 is 2. The van der Waals surface area contributed by atoms with Crippen molar-refractivity contribution in [1.29, 1.82) is 0 Å². The topological polar surface area (TPSA) is 108 Å². The Morgan fingerprint density at radius 1 is 1.08 bits per heavy atom. The number of amides is 2. The van der Waals surface area contributed by atoms with Crippen LogP contribution in [0, 0.1) is 0 Å². The minimum atomic E-state index is -0.941. The Bertz CT molecular complexity index is 1280. The first kappa shape index (κ1) is 26.9. The van der Waals surface area contributed by atoms with E-state index in [1.807, 2.05) is 24.3 Å². The Kier molecular flexibility index (Phi) is 8.61. The number of hydrogen-bond donors (Lipinski definition) is 1. The molecule has 1 aliphatic heterocycles. The van der Waals surface area contributed by atoms with Crippen LogP contribution in [0.15, 0.2) is 42.5 Å². The van der Waals surface area contributed by atoms with E-state index in [0.29, 0.717) is 29.2 Å². The summed E-state index contributed by atoms with van der Waals surface area (Å²) in [5.41, 5.74) is 2.03. The third-order valence-electron chi connectivity index (χ3n) is 7.69. The van der Waals surface area contributed by atoms with Crippen LogP contribution in [-0.4, -0.2) is 71.2 Å². The summed E-state index contributed by atoms with van der Waals surface area (Å²) in [6.45, 7) is 0.850. The molecule has 1 N–H and O–H groups in total. The van der Waals surface area contributed by atoms with Gasteiger partial charge in [0.2, 0.25) is 11.8 Å². The maximum absolute atomic E-state index is 14.1. The molecule has 39 heavy (non-hydrogen) atoms. The highest BCUT2D eigenvalue weighted by molar-refractivity contribution is 5.90. The van der Waals surface area contributed by atoms with Crippen molar-refractivity contribution in [2.45, 2.75) is 69.7 Å². The van der Waals surface area contributed by atoms with E-state index in [1.54, 1.807) is 42.0 Å². The molecular formula is C29H37N5O5. The van der Waals surface area contributed by atoms with Crippen LogP contribution in [0.2, 0.25) is 0 Å². The maximum Gasteiger partial charge on any atom is 0.247 e. The molecule has 208 valence electrons. The van der Waals surface area contributed by atoms with E-state index in [4.69, 9.17) is 14.2 Å². The molecule has 0 radical (unpaired) electrons. The molecule has 10 heteroatoms. The lowest BCUT2D eigenvalue weighted by Gasteiger charge is -2.35. The third-order valence-corrected chi connectivity index (χ3v) is 7.69. The van der Waals surface area contributed by atoms with Gasteiger partial charge in [-0.2, -0.15) is 0 Å². The monoisotopic (exact) mass is 535 g/mol. The van der Waals surface area contributed by atoms with Gasteiger partial charge in [0, 0.05) is 24.8 Å². The van der Waals surface area contributed by atoms with Crippen molar-refractivity contribution in [1.82, 2.24) is 25.2 Å². The molecule has 0 bridgehead atoms. The van der Waals surface area contributed by atoms with E-state index in [1.165, 1.54) is 6.42 Å².